The largest absolute Gasteiger partial charge is 0.481 e. The number of pyridine rings is 1. The maximum Gasteiger partial charge on any atom is 0.303 e. The van der Waals surface area contributed by atoms with Gasteiger partial charge in [-0.05, 0) is 53.8 Å². The van der Waals surface area contributed by atoms with Crippen molar-refractivity contribution in [2.24, 2.45) is 5.92 Å². The van der Waals surface area contributed by atoms with Gasteiger partial charge in [0.1, 0.15) is 5.15 Å². The summed E-state index contributed by atoms with van der Waals surface area (Å²) in [6.07, 6.45) is 7.63. The maximum absolute atomic E-state index is 13.7. The lowest BCUT2D eigenvalue weighted by atomic mass is 9.82. The third-order valence-electron chi connectivity index (χ3n) is 6.72. The van der Waals surface area contributed by atoms with Gasteiger partial charge in [0.2, 0.25) is 0 Å². The summed E-state index contributed by atoms with van der Waals surface area (Å²) in [5.41, 5.74) is 2.59. The molecule has 0 radical (unpaired) electrons. The number of carbonyl (C=O) groups is 1. The molecule has 1 N–H and O–H groups in total. The summed E-state index contributed by atoms with van der Waals surface area (Å²) < 4.78 is 1.68. The molecule has 0 spiro atoms. The van der Waals surface area contributed by atoms with Crippen LogP contribution in [0.3, 0.4) is 0 Å². The Hall–Kier alpha value is -3.25. The third-order valence-corrected chi connectivity index (χ3v) is 6.95. The van der Waals surface area contributed by atoms with Gasteiger partial charge in [-0.2, -0.15) is 0 Å². The van der Waals surface area contributed by atoms with E-state index in [0.29, 0.717) is 22.5 Å². The number of benzene rings is 2. The van der Waals surface area contributed by atoms with Crippen molar-refractivity contribution in [2.45, 2.75) is 44.6 Å². The molecule has 2 atom stereocenters. The molecule has 1 fully saturated rings. The highest BCUT2D eigenvalue weighted by molar-refractivity contribution is 6.29. The van der Waals surface area contributed by atoms with Crippen molar-refractivity contribution in [1.29, 1.82) is 0 Å². The fourth-order valence-electron chi connectivity index (χ4n) is 5.18. The van der Waals surface area contributed by atoms with Gasteiger partial charge in [-0.3, -0.25) is 14.2 Å². The van der Waals surface area contributed by atoms with Gasteiger partial charge in [0.05, 0.1) is 23.7 Å². The van der Waals surface area contributed by atoms with Crippen LogP contribution < -0.4 is 5.56 Å². The average Bonchev–Trinajstić information content (AvgIpc) is 2.81. The summed E-state index contributed by atoms with van der Waals surface area (Å²) >= 11 is 5.94. The van der Waals surface area contributed by atoms with E-state index in [1.807, 2.05) is 36.4 Å². The zero-order valence-corrected chi connectivity index (χ0v) is 18.8. The first-order valence-corrected chi connectivity index (χ1v) is 11.6. The molecule has 0 aliphatic heterocycles. The zero-order chi connectivity index (χ0) is 22.9. The number of halogens is 1. The molecule has 168 valence electrons. The van der Waals surface area contributed by atoms with Gasteiger partial charge in [0, 0.05) is 17.6 Å². The minimum Gasteiger partial charge on any atom is -0.481 e. The minimum atomic E-state index is -0.821. The number of carboxylic acid groups (broad SMARTS) is 1. The van der Waals surface area contributed by atoms with Crippen LogP contribution in [-0.4, -0.2) is 25.6 Å². The van der Waals surface area contributed by atoms with E-state index >= 15 is 0 Å². The normalized spacial score (nSPS) is 18.6. The van der Waals surface area contributed by atoms with E-state index in [4.69, 9.17) is 16.6 Å². The van der Waals surface area contributed by atoms with Crippen molar-refractivity contribution in [3.8, 4) is 0 Å². The Morgan fingerprint density at radius 2 is 1.85 bits per heavy atom. The van der Waals surface area contributed by atoms with Crippen LogP contribution >= 0.6 is 11.6 Å². The summed E-state index contributed by atoms with van der Waals surface area (Å²) in [5, 5.41) is 12.4. The van der Waals surface area contributed by atoms with Crippen LogP contribution in [0.25, 0.3) is 21.7 Å². The number of hydrogen-bond acceptors (Lipinski definition) is 4. The van der Waals surface area contributed by atoms with Crippen molar-refractivity contribution in [3.63, 3.8) is 0 Å². The van der Waals surface area contributed by atoms with Crippen molar-refractivity contribution >= 4 is 39.2 Å². The molecule has 0 unspecified atom stereocenters. The van der Waals surface area contributed by atoms with E-state index < -0.39 is 5.97 Å². The molecule has 1 aliphatic carbocycles. The second-order valence-corrected chi connectivity index (χ2v) is 9.20. The van der Waals surface area contributed by atoms with E-state index in [9.17, 15) is 14.7 Å². The number of fused-ring (bicyclic) bond motifs is 3. The van der Waals surface area contributed by atoms with Crippen molar-refractivity contribution in [2.75, 3.05) is 0 Å². The standard InChI is InChI=1S/C26H24ClN3O3/c27-23-10-9-16(14-28-23)11-18-12-21-25(20-7-3-2-6-19(18)20)29-15-30(26(21)33)22-8-4-1-5-17(22)13-24(31)32/h2-3,6-7,9-10,12,14-15,17,22H,1,4-5,8,11,13H2,(H,31,32)/t17-,22+/m0/s1. The van der Waals surface area contributed by atoms with Gasteiger partial charge in [0.15, 0.2) is 0 Å². The molecule has 2 aromatic carbocycles. The summed E-state index contributed by atoms with van der Waals surface area (Å²) in [5.74, 6) is -0.883. The van der Waals surface area contributed by atoms with E-state index in [0.717, 1.165) is 47.6 Å². The molecule has 1 saturated carbocycles. The van der Waals surface area contributed by atoms with E-state index in [1.54, 1.807) is 23.2 Å². The lowest BCUT2D eigenvalue weighted by Gasteiger charge is -2.32. The van der Waals surface area contributed by atoms with Crippen LogP contribution in [0.5, 0.6) is 0 Å². The Balaban J connectivity index is 1.66. The van der Waals surface area contributed by atoms with Crippen molar-refractivity contribution in [1.82, 2.24) is 14.5 Å². The second-order valence-electron chi connectivity index (χ2n) is 8.81. The van der Waals surface area contributed by atoms with Gasteiger partial charge in [0.25, 0.3) is 5.56 Å². The van der Waals surface area contributed by atoms with Gasteiger partial charge in [-0.25, -0.2) is 9.97 Å². The maximum atomic E-state index is 13.7. The summed E-state index contributed by atoms with van der Waals surface area (Å²) in [7, 11) is 0. The van der Waals surface area contributed by atoms with E-state index in [2.05, 4.69) is 4.98 Å². The zero-order valence-electron chi connectivity index (χ0n) is 18.1. The molecular weight excluding hydrogens is 438 g/mol. The minimum absolute atomic E-state index is 0.0618. The molecule has 2 heterocycles. The number of carboxylic acids is 1. The van der Waals surface area contributed by atoms with Crippen molar-refractivity contribution in [3.05, 3.63) is 81.6 Å². The van der Waals surface area contributed by atoms with Crippen LogP contribution in [-0.2, 0) is 11.2 Å². The predicted octanol–water partition coefficient (Wildman–Crippen LogP) is 5.39. The number of nitrogens with zero attached hydrogens (tertiary/aromatic N) is 3. The Morgan fingerprint density at radius 3 is 2.61 bits per heavy atom. The molecular formula is C26H24ClN3O3. The number of rotatable bonds is 5. The highest BCUT2D eigenvalue weighted by Crippen LogP contribution is 2.36. The Morgan fingerprint density at radius 1 is 1.06 bits per heavy atom. The molecule has 4 aromatic rings. The monoisotopic (exact) mass is 461 g/mol. The number of aliphatic carboxylic acids is 1. The van der Waals surface area contributed by atoms with Crippen LogP contribution in [0.4, 0.5) is 0 Å². The SMILES string of the molecule is O=C(O)C[C@@H]1CCCC[C@H]1n1cnc2c(cc(Cc3ccc(Cl)nc3)c3ccccc32)c1=O. The first-order chi connectivity index (χ1) is 16.0. The van der Waals surface area contributed by atoms with Gasteiger partial charge in [-0.15, -0.1) is 0 Å². The van der Waals surface area contributed by atoms with Crippen LogP contribution in [0.15, 0.2) is 59.8 Å². The van der Waals surface area contributed by atoms with E-state index in [1.165, 1.54) is 0 Å². The Bertz CT molecular complexity index is 1400. The van der Waals surface area contributed by atoms with Gasteiger partial charge >= 0.3 is 5.97 Å². The van der Waals surface area contributed by atoms with Crippen LogP contribution in [0, 0.1) is 5.92 Å². The van der Waals surface area contributed by atoms with Crippen LogP contribution in [0.2, 0.25) is 5.15 Å². The molecule has 33 heavy (non-hydrogen) atoms. The lowest BCUT2D eigenvalue weighted by Crippen LogP contribution is -2.33. The topological polar surface area (TPSA) is 85.1 Å². The van der Waals surface area contributed by atoms with E-state index in [-0.39, 0.29) is 23.9 Å². The summed E-state index contributed by atoms with van der Waals surface area (Å²) in [6.45, 7) is 0. The molecule has 5 rings (SSSR count). The van der Waals surface area contributed by atoms with Gasteiger partial charge in [-0.1, -0.05) is 54.8 Å². The number of aromatic nitrogens is 3. The Kier molecular flexibility index (Phi) is 5.85. The molecule has 6 nitrogen and oxygen atoms in total. The number of hydrogen-bond donors (Lipinski definition) is 1. The molecule has 7 heteroatoms. The molecule has 1 aliphatic rings. The van der Waals surface area contributed by atoms with Gasteiger partial charge < -0.3 is 5.11 Å². The highest BCUT2D eigenvalue weighted by atomic mass is 35.5. The molecule has 0 amide bonds. The lowest BCUT2D eigenvalue weighted by molar-refractivity contribution is -0.138. The summed E-state index contributed by atoms with van der Waals surface area (Å²) in [4.78, 5) is 34.0. The smallest absolute Gasteiger partial charge is 0.303 e. The fourth-order valence-corrected chi connectivity index (χ4v) is 5.29. The molecule has 2 aromatic heterocycles. The molecule has 0 saturated heterocycles. The third kappa shape index (κ3) is 4.23. The van der Waals surface area contributed by atoms with Crippen LogP contribution in [0.1, 0.15) is 49.3 Å². The molecule has 0 bridgehead atoms. The first kappa shape index (κ1) is 21.6. The average molecular weight is 462 g/mol. The first-order valence-electron chi connectivity index (χ1n) is 11.2. The summed E-state index contributed by atoms with van der Waals surface area (Å²) in [6, 6.07) is 13.5. The fraction of sp³-hybridized carbons (Fsp3) is 0.308. The quantitative estimate of drug-likeness (QED) is 0.318. The van der Waals surface area contributed by atoms with Crippen molar-refractivity contribution < 1.29 is 9.90 Å². The second kappa shape index (κ2) is 8.94. The predicted molar refractivity (Wildman–Crippen MR) is 129 cm³/mol. The Labute approximate surface area is 195 Å². The highest BCUT2D eigenvalue weighted by Gasteiger charge is 2.29.